The Morgan fingerprint density at radius 1 is 1.10 bits per heavy atom. The van der Waals surface area contributed by atoms with Gasteiger partial charge >= 0.3 is 0 Å². The monoisotopic (exact) mass is 286 g/mol. The highest BCUT2D eigenvalue weighted by Crippen LogP contribution is 2.29. The molecule has 0 saturated heterocycles. The van der Waals surface area contributed by atoms with Gasteiger partial charge in [0.2, 0.25) is 0 Å². The lowest BCUT2D eigenvalue weighted by molar-refractivity contribution is 0.894. The van der Waals surface area contributed by atoms with Gasteiger partial charge in [-0.3, -0.25) is 0 Å². The number of benzene rings is 2. The molecule has 2 N–H and O–H groups in total. The van der Waals surface area contributed by atoms with Crippen LogP contribution in [0.1, 0.15) is 16.7 Å². The minimum absolute atomic E-state index is 0.574. The maximum absolute atomic E-state index is 5.94. The molecule has 2 aromatic rings. The van der Waals surface area contributed by atoms with Crippen LogP contribution in [0.3, 0.4) is 0 Å². The number of hydrogen-bond donors (Lipinski definition) is 1. The molecule has 0 unspecified atom stereocenters. The van der Waals surface area contributed by atoms with Crippen molar-refractivity contribution in [1.82, 2.24) is 0 Å². The van der Waals surface area contributed by atoms with E-state index in [0.29, 0.717) is 6.54 Å². The molecular weight excluding hydrogens is 264 g/mol. The summed E-state index contributed by atoms with van der Waals surface area (Å²) in [6, 6.07) is 15.1. The molecule has 0 aliphatic rings. The van der Waals surface area contributed by atoms with E-state index in [1.165, 1.54) is 27.3 Å². The average Bonchev–Trinajstić information content (AvgIpc) is 2.48. The summed E-state index contributed by atoms with van der Waals surface area (Å²) in [4.78, 5) is 3.54. The van der Waals surface area contributed by atoms with Crippen molar-refractivity contribution < 1.29 is 0 Å². The second kappa shape index (κ2) is 6.82. The minimum Gasteiger partial charge on any atom is -0.370 e. The molecule has 0 heterocycles. The van der Waals surface area contributed by atoms with Crippen molar-refractivity contribution in [2.75, 3.05) is 18.2 Å². The topological polar surface area (TPSA) is 29.3 Å². The Labute approximate surface area is 126 Å². The highest BCUT2D eigenvalue weighted by Gasteiger charge is 2.10. The average molecular weight is 286 g/mol. The number of rotatable bonds is 5. The molecule has 0 spiro atoms. The number of aryl methyl sites for hydroxylation is 1. The van der Waals surface area contributed by atoms with Crippen LogP contribution in [0.25, 0.3) is 0 Å². The first kappa shape index (κ1) is 14.9. The standard InChI is InChI=1S/C17H22N2S/c1-13-7-9-14(10-8-13)12-19(2)16-5-4-6-17(20-3)15(16)11-18/h4-10H,11-12,18H2,1-3H3. The Bertz CT molecular complexity index is 564. The van der Waals surface area contributed by atoms with Gasteiger partial charge in [-0.25, -0.2) is 0 Å². The van der Waals surface area contributed by atoms with Gasteiger partial charge in [0.1, 0.15) is 0 Å². The van der Waals surface area contributed by atoms with E-state index in [-0.39, 0.29) is 0 Å². The fourth-order valence-corrected chi connectivity index (χ4v) is 3.01. The summed E-state index contributed by atoms with van der Waals surface area (Å²) < 4.78 is 0. The largest absolute Gasteiger partial charge is 0.370 e. The Kier molecular flexibility index (Phi) is 5.10. The second-order valence-corrected chi connectivity index (χ2v) is 5.85. The van der Waals surface area contributed by atoms with E-state index < -0.39 is 0 Å². The molecule has 2 nitrogen and oxygen atoms in total. The lowest BCUT2D eigenvalue weighted by atomic mass is 10.1. The van der Waals surface area contributed by atoms with Crippen molar-refractivity contribution in [3.8, 4) is 0 Å². The van der Waals surface area contributed by atoms with E-state index >= 15 is 0 Å². The maximum atomic E-state index is 5.94. The predicted molar refractivity (Wildman–Crippen MR) is 89.4 cm³/mol. The molecule has 0 atom stereocenters. The van der Waals surface area contributed by atoms with Crippen molar-refractivity contribution in [2.24, 2.45) is 5.73 Å². The summed E-state index contributed by atoms with van der Waals surface area (Å²) in [5, 5.41) is 0. The highest BCUT2D eigenvalue weighted by atomic mass is 32.2. The van der Waals surface area contributed by atoms with Crippen LogP contribution in [0.15, 0.2) is 47.4 Å². The first-order valence-corrected chi connectivity index (χ1v) is 8.00. The van der Waals surface area contributed by atoms with Gasteiger partial charge in [0.05, 0.1) is 0 Å². The van der Waals surface area contributed by atoms with Crippen LogP contribution in [0, 0.1) is 6.92 Å². The first-order chi connectivity index (χ1) is 9.65. The Morgan fingerprint density at radius 2 is 1.80 bits per heavy atom. The van der Waals surface area contributed by atoms with E-state index in [1.54, 1.807) is 11.8 Å². The number of nitrogens with two attached hydrogens (primary N) is 1. The van der Waals surface area contributed by atoms with Crippen LogP contribution < -0.4 is 10.6 Å². The van der Waals surface area contributed by atoms with E-state index in [4.69, 9.17) is 5.73 Å². The van der Waals surface area contributed by atoms with Crippen LogP contribution >= 0.6 is 11.8 Å². The normalized spacial score (nSPS) is 10.6. The fourth-order valence-electron chi connectivity index (χ4n) is 2.36. The molecule has 0 saturated carbocycles. The molecule has 106 valence electrons. The maximum Gasteiger partial charge on any atom is 0.0426 e. The predicted octanol–water partition coefficient (Wildman–Crippen LogP) is 3.81. The SMILES string of the molecule is CSc1cccc(N(C)Cc2ccc(C)cc2)c1CN. The van der Waals surface area contributed by atoms with Gasteiger partial charge in [-0.1, -0.05) is 35.9 Å². The molecule has 0 aliphatic heterocycles. The van der Waals surface area contributed by atoms with Crippen LogP contribution in [-0.4, -0.2) is 13.3 Å². The van der Waals surface area contributed by atoms with Crippen molar-refractivity contribution in [2.45, 2.75) is 24.9 Å². The number of hydrogen-bond acceptors (Lipinski definition) is 3. The summed E-state index contributed by atoms with van der Waals surface area (Å²) in [5.74, 6) is 0. The molecular formula is C17H22N2S. The summed E-state index contributed by atoms with van der Waals surface area (Å²) >= 11 is 1.75. The van der Waals surface area contributed by atoms with Gasteiger partial charge in [-0.05, 0) is 30.9 Å². The van der Waals surface area contributed by atoms with E-state index in [2.05, 4.69) is 67.6 Å². The van der Waals surface area contributed by atoms with Gasteiger partial charge < -0.3 is 10.6 Å². The van der Waals surface area contributed by atoms with Gasteiger partial charge in [0.15, 0.2) is 0 Å². The molecule has 0 radical (unpaired) electrons. The smallest absolute Gasteiger partial charge is 0.0426 e. The van der Waals surface area contributed by atoms with Gasteiger partial charge in [0, 0.05) is 36.3 Å². The molecule has 3 heteroatoms. The van der Waals surface area contributed by atoms with Crippen LogP contribution in [0.2, 0.25) is 0 Å². The van der Waals surface area contributed by atoms with E-state index in [9.17, 15) is 0 Å². The Balaban J connectivity index is 2.24. The van der Waals surface area contributed by atoms with Crippen LogP contribution in [-0.2, 0) is 13.1 Å². The zero-order valence-electron chi connectivity index (χ0n) is 12.4. The quantitative estimate of drug-likeness (QED) is 0.847. The fraction of sp³-hybridized carbons (Fsp3) is 0.294. The van der Waals surface area contributed by atoms with Crippen LogP contribution in [0.5, 0.6) is 0 Å². The Hall–Kier alpha value is -1.45. The van der Waals surface area contributed by atoms with Gasteiger partial charge in [0.25, 0.3) is 0 Å². The molecule has 0 amide bonds. The molecule has 0 bridgehead atoms. The second-order valence-electron chi connectivity index (χ2n) is 5.00. The highest BCUT2D eigenvalue weighted by molar-refractivity contribution is 7.98. The number of nitrogens with zero attached hydrogens (tertiary/aromatic N) is 1. The van der Waals surface area contributed by atoms with Crippen LogP contribution in [0.4, 0.5) is 5.69 Å². The number of anilines is 1. The summed E-state index contributed by atoms with van der Waals surface area (Å²) in [6.45, 7) is 3.58. The third-order valence-electron chi connectivity index (χ3n) is 3.48. The van der Waals surface area contributed by atoms with E-state index in [1.807, 2.05) is 0 Å². The summed E-state index contributed by atoms with van der Waals surface area (Å²) in [7, 11) is 2.12. The zero-order chi connectivity index (χ0) is 14.5. The number of thioether (sulfide) groups is 1. The van der Waals surface area contributed by atoms with Crippen molar-refractivity contribution in [3.05, 3.63) is 59.2 Å². The first-order valence-electron chi connectivity index (χ1n) is 6.78. The molecule has 2 aromatic carbocycles. The Morgan fingerprint density at radius 3 is 2.40 bits per heavy atom. The molecule has 0 aliphatic carbocycles. The third-order valence-corrected chi connectivity index (χ3v) is 4.31. The van der Waals surface area contributed by atoms with Crippen molar-refractivity contribution >= 4 is 17.4 Å². The molecule has 0 fully saturated rings. The third kappa shape index (κ3) is 3.35. The lowest BCUT2D eigenvalue weighted by Gasteiger charge is -2.23. The summed E-state index contributed by atoms with van der Waals surface area (Å²) in [6.07, 6.45) is 2.10. The molecule has 20 heavy (non-hydrogen) atoms. The van der Waals surface area contributed by atoms with Crippen molar-refractivity contribution in [1.29, 1.82) is 0 Å². The lowest BCUT2D eigenvalue weighted by Crippen LogP contribution is -2.19. The van der Waals surface area contributed by atoms with Crippen molar-refractivity contribution in [3.63, 3.8) is 0 Å². The molecule has 2 rings (SSSR count). The minimum atomic E-state index is 0.574. The molecule has 0 aromatic heterocycles. The van der Waals surface area contributed by atoms with Gasteiger partial charge in [-0.2, -0.15) is 0 Å². The summed E-state index contributed by atoms with van der Waals surface area (Å²) in [5.41, 5.74) is 11.0. The zero-order valence-corrected chi connectivity index (χ0v) is 13.2. The van der Waals surface area contributed by atoms with Gasteiger partial charge in [-0.15, -0.1) is 11.8 Å². The van der Waals surface area contributed by atoms with E-state index in [0.717, 1.165) is 6.54 Å².